The third kappa shape index (κ3) is 4.59. The number of nitrogens with zero attached hydrogens (tertiary/aromatic N) is 1. The highest BCUT2D eigenvalue weighted by atomic mass is 19.4. The Bertz CT molecular complexity index is 524. The van der Waals surface area contributed by atoms with Crippen molar-refractivity contribution in [2.24, 2.45) is 5.92 Å². The van der Waals surface area contributed by atoms with Crippen molar-refractivity contribution in [3.63, 3.8) is 0 Å². The summed E-state index contributed by atoms with van der Waals surface area (Å²) in [4.78, 5) is 11.6. The minimum absolute atomic E-state index is 0.258. The molecule has 1 fully saturated rings. The maximum Gasteiger partial charge on any atom is 0.417 e. The Morgan fingerprint density at radius 1 is 1.33 bits per heavy atom. The van der Waals surface area contributed by atoms with E-state index in [1.54, 1.807) is 0 Å². The highest BCUT2D eigenvalue weighted by molar-refractivity contribution is 5.13. The van der Waals surface area contributed by atoms with Crippen LogP contribution in [-0.2, 0) is 12.7 Å². The lowest BCUT2D eigenvalue weighted by Crippen LogP contribution is -2.36. The van der Waals surface area contributed by atoms with Gasteiger partial charge in [0.25, 0.3) is 5.56 Å². The molecule has 1 heterocycles. The second kappa shape index (κ2) is 6.64. The predicted molar refractivity (Wildman–Crippen MR) is 75.1 cm³/mol. The van der Waals surface area contributed by atoms with Crippen molar-refractivity contribution in [2.45, 2.75) is 51.4 Å². The van der Waals surface area contributed by atoms with Gasteiger partial charge in [0, 0.05) is 31.4 Å². The third-order valence-corrected chi connectivity index (χ3v) is 4.03. The summed E-state index contributed by atoms with van der Waals surface area (Å²) in [5, 5.41) is 3.34. The lowest BCUT2D eigenvalue weighted by atomic mass is 9.87. The van der Waals surface area contributed by atoms with Crippen LogP contribution in [0.5, 0.6) is 0 Å². The zero-order chi connectivity index (χ0) is 15.5. The van der Waals surface area contributed by atoms with Gasteiger partial charge in [-0.25, -0.2) is 0 Å². The molecule has 1 aromatic rings. The summed E-state index contributed by atoms with van der Waals surface area (Å²) < 4.78 is 39.0. The number of nitrogens with one attached hydrogen (secondary N) is 1. The van der Waals surface area contributed by atoms with Crippen molar-refractivity contribution in [3.05, 3.63) is 34.2 Å². The van der Waals surface area contributed by atoms with Crippen LogP contribution in [0.2, 0.25) is 0 Å². The van der Waals surface area contributed by atoms with Crippen LogP contribution >= 0.6 is 0 Å². The van der Waals surface area contributed by atoms with Crippen molar-refractivity contribution in [2.75, 3.05) is 6.54 Å². The van der Waals surface area contributed by atoms with E-state index in [0.717, 1.165) is 35.7 Å². The molecule has 0 spiro atoms. The van der Waals surface area contributed by atoms with Gasteiger partial charge in [0.15, 0.2) is 0 Å². The number of hydrogen-bond acceptors (Lipinski definition) is 2. The van der Waals surface area contributed by atoms with Gasteiger partial charge in [-0.2, -0.15) is 13.2 Å². The molecule has 1 aromatic heterocycles. The molecule has 1 aliphatic carbocycles. The predicted octanol–water partition coefficient (Wildman–Crippen LogP) is 3.04. The van der Waals surface area contributed by atoms with Crippen molar-refractivity contribution in [1.29, 1.82) is 0 Å². The fraction of sp³-hybridized carbons (Fsp3) is 0.667. The van der Waals surface area contributed by atoms with Crippen LogP contribution in [0.3, 0.4) is 0 Å². The van der Waals surface area contributed by atoms with E-state index in [0.29, 0.717) is 18.5 Å². The molecule has 0 amide bonds. The Labute approximate surface area is 122 Å². The molecular weight excluding hydrogens is 281 g/mol. The fourth-order valence-electron chi connectivity index (χ4n) is 2.88. The minimum Gasteiger partial charge on any atom is -0.314 e. The van der Waals surface area contributed by atoms with E-state index in [-0.39, 0.29) is 6.54 Å². The van der Waals surface area contributed by atoms with Gasteiger partial charge in [0.2, 0.25) is 0 Å². The Kier molecular flexibility index (Phi) is 5.08. The monoisotopic (exact) mass is 302 g/mol. The number of pyridine rings is 1. The molecular formula is C15H21F3N2O. The first-order valence-corrected chi connectivity index (χ1v) is 7.37. The van der Waals surface area contributed by atoms with Crippen LogP contribution < -0.4 is 10.9 Å². The zero-order valence-electron chi connectivity index (χ0n) is 12.1. The molecule has 1 saturated carbocycles. The molecule has 2 rings (SSSR count). The van der Waals surface area contributed by atoms with Crippen LogP contribution in [0.4, 0.5) is 13.2 Å². The summed E-state index contributed by atoms with van der Waals surface area (Å²) in [7, 11) is 0. The molecule has 2 atom stereocenters. The van der Waals surface area contributed by atoms with Gasteiger partial charge in [-0.15, -0.1) is 0 Å². The molecule has 0 radical (unpaired) electrons. The molecule has 2 unspecified atom stereocenters. The van der Waals surface area contributed by atoms with Crippen LogP contribution in [0.1, 0.15) is 38.2 Å². The van der Waals surface area contributed by atoms with Gasteiger partial charge in [-0.3, -0.25) is 4.79 Å². The summed E-state index contributed by atoms with van der Waals surface area (Å²) in [5.41, 5.74) is -1.18. The largest absolute Gasteiger partial charge is 0.417 e. The highest BCUT2D eigenvalue weighted by Gasteiger charge is 2.31. The average molecular weight is 302 g/mol. The molecule has 1 N–H and O–H groups in total. The van der Waals surface area contributed by atoms with E-state index in [4.69, 9.17) is 0 Å². The van der Waals surface area contributed by atoms with E-state index in [9.17, 15) is 18.0 Å². The first-order valence-electron chi connectivity index (χ1n) is 7.37. The Morgan fingerprint density at radius 3 is 2.76 bits per heavy atom. The minimum atomic E-state index is -4.41. The number of hydrogen-bond donors (Lipinski definition) is 1. The van der Waals surface area contributed by atoms with E-state index >= 15 is 0 Å². The summed E-state index contributed by atoms with van der Waals surface area (Å²) in [6, 6.07) is 2.22. The van der Waals surface area contributed by atoms with Crippen molar-refractivity contribution >= 4 is 0 Å². The molecule has 0 saturated heterocycles. The van der Waals surface area contributed by atoms with Crippen LogP contribution in [-0.4, -0.2) is 17.2 Å². The number of rotatable bonds is 4. The van der Waals surface area contributed by atoms with Crippen molar-refractivity contribution in [3.8, 4) is 0 Å². The standard InChI is InChI=1S/C15H21F3N2O/c1-11-3-2-4-13(9-11)19-7-8-20-10-12(15(16,17)18)5-6-14(20)21/h5-6,10-11,13,19H,2-4,7-9H2,1H3. The van der Waals surface area contributed by atoms with Crippen LogP contribution in [0.25, 0.3) is 0 Å². The van der Waals surface area contributed by atoms with Crippen LogP contribution in [0.15, 0.2) is 23.1 Å². The summed E-state index contributed by atoms with van der Waals surface area (Å²) in [6.07, 6.45) is 1.10. The highest BCUT2D eigenvalue weighted by Crippen LogP contribution is 2.28. The smallest absolute Gasteiger partial charge is 0.314 e. The topological polar surface area (TPSA) is 34.0 Å². The molecule has 3 nitrogen and oxygen atoms in total. The molecule has 21 heavy (non-hydrogen) atoms. The summed E-state index contributed by atoms with van der Waals surface area (Å²) in [6.45, 7) is 2.98. The molecule has 0 aromatic carbocycles. The molecule has 1 aliphatic rings. The van der Waals surface area contributed by atoms with Gasteiger partial charge >= 0.3 is 6.18 Å². The number of alkyl halides is 3. The first-order chi connectivity index (χ1) is 9.86. The quantitative estimate of drug-likeness (QED) is 0.927. The van der Waals surface area contributed by atoms with Gasteiger partial charge in [0.1, 0.15) is 0 Å². The Morgan fingerprint density at radius 2 is 2.10 bits per heavy atom. The van der Waals surface area contributed by atoms with Gasteiger partial charge in [0.05, 0.1) is 5.56 Å². The second-order valence-electron chi connectivity index (χ2n) is 5.87. The Balaban J connectivity index is 1.92. The first kappa shape index (κ1) is 16.1. The van der Waals surface area contributed by atoms with Crippen molar-refractivity contribution < 1.29 is 13.2 Å². The molecule has 0 bridgehead atoms. The lowest BCUT2D eigenvalue weighted by molar-refractivity contribution is -0.138. The van der Waals surface area contributed by atoms with E-state index in [1.807, 2.05) is 0 Å². The van der Waals surface area contributed by atoms with E-state index < -0.39 is 17.3 Å². The van der Waals surface area contributed by atoms with Gasteiger partial charge in [-0.1, -0.05) is 19.8 Å². The van der Waals surface area contributed by atoms with Gasteiger partial charge in [-0.05, 0) is 24.8 Å². The average Bonchev–Trinajstić information content (AvgIpc) is 2.39. The second-order valence-corrected chi connectivity index (χ2v) is 5.87. The van der Waals surface area contributed by atoms with E-state index in [2.05, 4.69) is 12.2 Å². The van der Waals surface area contributed by atoms with E-state index in [1.165, 1.54) is 12.8 Å². The maximum atomic E-state index is 12.6. The summed E-state index contributed by atoms with van der Waals surface area (Å²) >= 11 is 0. The fourth-order valence-corrected chi connectivity index (χ4v) is 2.88. The zero-order valence-corrected chi connectivity index (χ0v) is 12.1. The Hall–Kier alpha value is -1.30. The summed E-state index contributed by atoms with van der Waals surface area (Å²) in [5.74, 6) is 0.688. The molecule has 118 valence electrons. The van der Waals surface area contributed by atoms with Crippen molar-refractivity contribution in [1.82, 2.24) is 9.88 Å². The molecule has 0 aliphatic heterocycles. The van der Waals surface area contributed by atoms with Crippen LogP contribution in [0, 0.1) is 5.92 Å². The normalized spacial score (nSPS) is 23.2. The third-order valence-electron chi connectivity index (χ3n) is 4.03. The van der Waals surface area contributed by atoms with Gasteiger partial charge < -0.3 is 9.88 Å². The number of aromatic nitrogens is 1. The maximum absolute atomic E-state index is 12.6. The number of halogens is 3. The lowest BCUT2D eigenvalue weighted by Gasteiger charge is -2.27. The molecule has 6 heteroatoms. The SMILES string of the molecule is CC1CCCC(NCCn2cc(C(F)(F)F)ccc2=O)C1.